The largest absolute Gasteiger partial charge is 0.468 e. The van der Waals surface area contributed by atoms with Crippen molar-refractivity contribution in [1.29, 1.82) is 0 Å². The van der Waals surface area contributed by atoms with Gasteiger partial charge in [-0.15, -0.1) is 0 Å². The first-order chi connectivity index (χ1) is 15.9. The Morgan fingerprint density at radius 1 is 1.18 bits per heavy atom. The van der Waals surface area contributed by atoms with Crippen LogP contribution >= 0.6 is 0 Å². The highest BCUT2D eigenvalue weighted by Gasteiger charge is 2.37. The minimum Gasteiger partial charge on any atom is -0.468 e. The molecular weight excluding hydrogens is 446 g/mol. The number of esters is 1. The number of benzene rings is 1. The van der Waals surface area contributed by atoms with Crippen LogP contribution in [0.15, 0.2) is 64.4 Å². The molecule has 3 heterocycles. The van der Waals surface area contributed by atoms with Crippen LogP contribution in [0.4, 0.5) is 4.79 Å². The van der Waals surface area contributed by atoms with Gasteiger partial charge in [0.1, 0.15) is 5.76 Å². The van der Waals surface area contributed by atoms with E-state index in [1.165, 1.54) is 0 Å². The number of rotatable bonds is 8. The summed E-state index contributed by atoms with van der Waals surface area (Å²) in [4.78, 5) is 27.5. The fourth-order valence-corrected chi connectivity index (χ4v) is 6.03. The molecule has 1 aromatic carbocycles. The Balaban J connectivity index is 1.73. The zero-order valence-corrected chi connectivity index (χ0v) is 19.1. The number of urea groups is 1. The van der Waals surface area contributed by atoms with Crippen molar-refractivity contribution in [2.75, 3.05) is 24.7 Å². The van der Waals surface area contributed by atoms with E-state index in [0.717, 1.165) is 5.56 Å². The van der Waals surface area contributed by atoms with Crippen LogP contribution in [0.5, 0.6) is 0 Å². The van der Waals surface area contributed by atoms with Crippen molar-refractivity contribution in [2.45, 2.75) is 32.0 Å². The molecule has 0 bridgehead atoms. The summed E-state index contributed by atoms with van der Waals surface area (Å²) in [6, 6.07) is 11.4. The third kappa shape index (κ3) is 5.45. The molecule has 0 spiro atoms. The normalized spacial score (nSPS) is 22.2. The fourth-order valence-electron chi connectivity index (χ4n) is 4.27. The molecule has 0 unspecified atom stereocenters. The first-order valence-electron chi connectivity index (χ1n) is 10.9. The van der Waals surface area contributed by atoms with E-state index in [-0.39, 0.29) is 30.7 Å². The quantitative estimate of drug-likeness (QED) is 0.564. The summed E-state index contributed by atoms with van der Waals surface area (Å²) >= 11 is 0. The van der Waals surface area contributed by atoms with Gasteiger partial charge in [-0.05, 0) is 31.0 Å². The van der Waals surface area contributed by atoms with Crippen molar-refractivity contribution in [3.63, 3.8) is 0 Å². The number of amides is 2. The van der Waals surface area contributed by atoms with Crippen molar-refractivity contribution in [3.05, 3.63) is 71.3 Å². The first kappa shape index (κ1) is 23.1. The van der Waals surface area contributed by atoms with E-state index in [1.54, 1.807) is 19.3 Å². The summed E-state index contributed by atoms with van der Waals surface area (Å²) in [6.45, 7) is 2.40. The van der Waals surface area contributed by atoms with E-state index < -0.39 is 27.9 Å². The van der Waals surface area contributed by atoms with E-state index in [2.05, 4.69) is 10.6 Å². The molecule has 2 aliphatic rings. The van der Waals surface area contributed by atoms with Crippen molar-refractivity contribution >= 4 is 21.8 Å². The summed E-state index contributed by atoms with van der Waals surface area (Å²) in [5.74, 6) is 0.254. The zero-order chi connectivity index (χ0) is 23.4. The molecule has 10 heteroatoms. The number of hydrogen-bond acceptors (Lipinski definition) is 7. The molecule has 2 N–H and O–H groups in total. The minimum absolute atomic E-state index is 0.0179. The third-order valence-corrected chi connectivity index (χ3v) is 7.56. The maximum Gasteiger partial charge on any atom is 0.338 e. The van der Waals surface area contributed by atoms with Gasteiger partial charge in [0, 0.05) is 18.3 Å². The van der Waals surface area contributed by atoms with Crippen LogP contribution in [0.2, 0.25) is 0 Å². The van der Waals surface area contributed by atoms with Crippen molar-refractivity contribution in [3.8, 4) is 0 Å². The Morgan fingerprint density at radius 3 is 2.61 bits per heavy atom. The minimum atomic E-state index is -3.14. The van der Waals surface area contributed by atoms with Crippen LogP contribution in [-0.4, -0.2) is 56.0 Å². The molecule has 1 saturated heterocycles. The number of furan rings is 1. The van der Waals surface area contributed by atoms with Gasteiger partial charge in [-0.1, -0.05) is 30.3 Å². The second-order valence-corrected chi connectivity index (χ2v) is 10.3. The molecule has 1 aromatic heterocycles. The van der Waals surface area contributed by atoms with E-state index in [9.17, 15) is 18.0 Å². The number of nitrogens with one attached hydrogen (secondary N) is 2. The van der Waals surface area contributed by atoms with Crippen LogP contribution in [0.25, 0.3) is 0 Å². The number of carbonyl (C=O) groups is 2. The molecule has 0 radical (unpaired) electrons. The van der Waals surface area contributed by atoms with Gasteiger partial charge < -0.3 is 19.8 Å². The zero-order valence-electron chi connectivity index (χ0n) is 18.3. The van der Waals surface area contributed by atoms with Crippen molar-refractivity contribution in [1.82, 2.24) is 15.5 Å². The van der Waals surface area contributed by atoms with E-state index in [4.69, 9.17) is 9.15 Å². The third-order valence-electron chi connectivity index (χ3n) is 5.81. The highest BCUT2D eigenvalue weighted by molar-refractivity contribution is 7.91. The summed E-state index contributed by atoms with van der Waals surface area (Å²) in [5.41, 5.74) is 1.43. The molecule has 176 valence electrons. The van der Waals surface area contributed by atoms with Crippen LogP contribution in [0.1, 0.15) is 30.7 Å². The number of nitrogens with zero attached hydrogens (tertiary/aromatic N) is 1. The Bertz CT molecular complexity index is 1130. The Morgan fingerprint density at radius 2 is 1.97 bits per heavy atom. The molecule has 2 atom stereocenters. The molecular formula is C23H27N3O6S. The highest BCUT2D eigenvalue weighted by atomic mass is 32.2. The highest BCUT2D eigenvalue weighted by Crippen LogP contribution is 2.29. The second kappa shape index (κ2) is 9.80. The van der Waals surface area contributed by atoms with Gasteiger partial charge in [0.25, 0.3) is 0 Å². The standard InChI is InChI=1S/C23H27N3O6S/c1-2-31-22(27)20-19(24-23(28)25-21(20)16-7-4-3-5-8-16)14-26(13-18-9-6-11-32-18)17-10-12-33(29,30)15-17/h3-9,11,17,21H,2,10,12-15H2,1H3,(H2,24,25,28)/t17-,21-/m1/s1. The Kier molecular flexibility index (Phi) is 6.85. The van der Waals surface area contributed by atoms with Gasteiger partial charge in [-0.25, -0.2) is 18.0 Å². The summed E-state index contributed by atoms with van der Waals surface area (Å²) in [5, 5.41) is 5.58. The smallest absolute Gasteiger partial charge is 0.338 e. The number of hydrogen-bond donors (Lipinski definition) is 2. The lowest BCUT2D eigenvalue weighted by atomic mass is 9.95. The van der Waals surface area contributed by atoms with Crippen LogP contribution in [0, 0.1) is 0 Å². The molecule has 0 saturated carbocycles. The Labute approximate surface area is 192 Å². The van der Waals surface area contributed by atoms with Crippen LogP contribution in [-0.2, 0) is 25.9 Å². The monoisotopic (exact) mass is 473 g/mol. The van der Waals surface area contributed by atoms with E-state index >= 15 is 0 Å². The molecule has 0 aliphatic carbocycles. The molecule has 2 aliphatic heterocycles. The lowest BCUT2D eigenvalue weighted by Crippen LogP contribution is -2.49. The molecule has 9 nitrogen and oxygen atoms in total. The van der Waals surface area contributed by atoms with Crippen LogP contribution in [0.3, 0.4) is 0 Å². The number of carbonyl (C=O) groups excluding carboxylic acids is 2. The maximum absolute atomic E-state index is 13.0. The molecule has 33 heavy (non-hydrogen) atoms. The second-order valence-electron chi connectivity index (χ2n) is 8.10. The number of ether oxygens (including phenoxy) is 1. The maximum atomic E-state index is 13.0. The van der Waals surface area contributed by atoms with Gasteiger partial charge in [-0.2, -0.15) is 0 Å². The Hall–Kier alpha value is -3.11. The van der Waals surface area contributed by atoms with Gasteiger partial charge in [0.15, 0.2) is 9.84 Å². The van der Waals surface area contributed by atoms with Crippen molar-refractivity contribution < 1.29 is 27.2 Å². The summed E-state index contributed by atoms with van der Waals surface area (Å²) in [6.07, 6.45) is 2.03. The average Bonchev–Trinajstić information content (AvgIpc) is 3.42. The summed E-state index contributed by atoms with van der Waals surface area (Å²) in [7, 11) is -3.14. The van der Waals surface area contributed by atoms with Crippen LogP contribution < -0.4 is 10.6 Å². The summed E-state index contributed by atoms with van der Waals surface area (Å²) < 4.78 is 35.2. The van der Waals surface area contributed by atoms with Gasteiger partial charge >= 0.3 is 12.0 Å². The number of sulfone groups is 1. The lowest BCUT2D eigenvalue weighted by Gasteiger charge is -2.34. The predicted octanol–water partition coefficient (Wildman–Crippen LogP) is 2.14. The van der Waals surface area contributed by atoms with Crippen molar-refractivity contribution in [2.24, 2.45) is 0 Å². The first-order valence-corrected chi connectivity index (χ1v) is 12.7. The topological polar surface area (TPSA) is 118 Å². The van der Waals surface area contributed by atoms with Gasteiger partial charge in [0.05, 0.1) is 42.5 Å². The molecule has 2 amide bonds. The predicted molar refractivity (Wildman–Crippen MR) is 121 cm³/mol. The molecule has 2 aromatic rings. The van der Waals surface area contributed by atoms with E-state index in [0.29, 0.717) is 30.0 Å². The van der Waals surface area contributed by atoms with Gasteiger partial charge in [0.2, 0.25) is 0 Å². The molecule has 4 rings (SSSR count). The van der Waals surface area contributed by atoms with Gasteiger partial charge in [-0.3, -0.25) is 4.90 Å². The van der Waals surface area contributed by atoms with E-state index in [1.807, 2.05) is 41.3 Å². The average molecular weight is 474 g/mol. The SMILES string of the molecule is CCOC(=O)C1=C(CN(Cc2ccco2)[C@@H]2CCS(=O)(=O)C2)NC(=O)N[C@@H]1c1ccccc1. The lowest BCUT2D eigenvalue weighted by molar-refractivity contribution is -0.139. The molecule has 1 fully saturated rings. The fraction of sp³-hybridized carbons (Fsp3) is 0.391.